The molecule has 0 radical (unpaired) electrons. The lowest BCUT2D eigenvalue weighted by Crippen LogP contribution is -2.48. The minimum absolute atomic E-state index is 0.0598. The SMILES string of the molecule is CCN1CCN(c2ccc(Nc3cc(N4CCCC(NC(=O)c5cc6c(s5)CCCC6)C4)nc4ccnn34)nc2)CC1. The van der Waals surface area contributed by atoms with Crippen molar-refractivity contribution in [2.75, 3.05) is 60.9 Å². The van der Waals surface area contributed by atoms with E-state index in [9.17, 15) is 4.79 Å². The number of nitrogens with one attached hydrogen (secondary N) is 2. The van der Waals surface area contributed by atoms with Crippen LogP contribution in [-0.2, 0) is 12.8 Å². The second-order valence-corrected chi connectivity index (χ2v) is 12.7. The van der Waals surface area contributed by atoms with Crippen molar-refractivity contribution in [2.45, 2.75) is 51.5 Å². The highest BCUT2D eigenvalue weighted by Gasteiger charge is 2.25. The molecule has 2 N–H and O–H groups in total. The lowest BCUT2D eigenvalue weighted by Gasteiger charge is -2.35. The zero-order valence-corrected chi connectivity index (χ0v) is 25.1. The van der Waals surface area contributed by atoms with Gasteiger partial charge in [-0.2, -0.15) is 9.61 Å². The summed E-state index contributed by atoms with van der Waals surface area (Å²) in [4.78, 5) is 32.2. The number of aryl methyl sites for hydroxylation is 2. The minimum atomic E-state index is 0.0598. The van der Waals surface area contributed by atoms with Crippen LogP contribution in [0.3, 0.4) is 0 Å². The summed E-state index contributed by atoms with van der Waals surface area (Å²) in [7, 11) is 0. The number of pyridine rings is 1. The van der Waals surface area contributed by atoms with E-state index in [0.717, 1.165) is 105 Å². The summed E-state index contributed by atoms with van der Waals surface area (Å²) in [5.41, 5.74) is 3.30. The van der Waals surface area contributed by atoms with Crippen molar-refractivity contribution in [3.8, 4) is 0 Å². The van der Waals surface area contributed by atoms with E-state index in [1.54, 1.807) is 17.5 Å². The molecule has 4 aromatic rings. The Labute approximate surface area is 250 Å². The van der Waals surface area contributed by atoms with Gasteiger partial charge in [-0.05, 0) is 68.8 Å². The number of anilines is 4. The molecule has 2 saturated heterocycles. The van der Waals surface area contributed by atoms with Crippen molar-refractivity contribution in [3.63, 3.8) is 0 Å². The number of carbonyl (C=O) groups is 1. The van der Waals surface area contributed by atoms with Gasteiger partial charge in [0.1, 0.15) is 17.5 Å². The molecular weight excluding hydrogens is 546 g/mol. The molecule has 0 spiro atoms. The van der Waals surface area contributed by atoms with E-state index >= 15 is 0 Å². The van der Waals surface area contributed by atoms with Crippen molar-refractivity contribution in [2.24, 2.45) is 0 Å². The Morgan fingerprint density at radius 2 is 1.90 bits per heavy atom. The van der Waals surface area contributed by atoms with E-state index in [0.29, 0.717) is 0 Å². The van der Waals surface area contributed by atoms with Gasteiger partial charge < -0.3 is 25.3 Å². The van der Waals surface area contributed by atoms with Crippen LogP contribution in [0.25, 0.3) is 5.65 Å². The Bertz CT molecular complexity index is 1520. The highest BCUT2D eigenvalue weighted by atomic mass is 32.1. The largest absolute Gasteiger partial charge is 0.368 e. The van der Waals surface area contributed by atoms with Crippen LogP contribution in [-0.4, -0.2) is 82.2 Å². The van der Waals surface area contributed by atoms with Gasteiger partial charge in [0.15, 0.2) is 5.65 Å². The lowest BCUT2D eigenvalue weighted by molar-refractivity contribution is 0.0937. The molecule has 0 aromatic carbocycles. The Morgan fingerprint density at radius 1 is 1.02 bits per heavy atom. The average molecular weight is 586 g/mol. The van der Waals surface area contributed by atoms with Gasteiger partial charge in [0.2, 0.25) is 0 Å². The highest BCUT2D eigenvalue weighted by molar-refractivity contribution is 7.14. The molecular formula is C31H39N9OS. The van der Waals surface area contributed by atoms with Crippen molar-refractivity contribution in [3.05, 3.63) is 58.0 Å². The van der Waals surface area contributed by atoms with Crippen LogP contribution >= 0.6 is 11.3 Å². The Balaban J connectivity index is 1.04. The molecule has 1 atom stereocenters. The molecule has 2 aliphatic heterocycles. The van der Waals surface area contributed by atoms with Gasteiger partial charge in [-0.25, -0.2) is 9.97 Å². The third kappa shape index (κ3) is 5.67. The summed E-state index contributed by atoms with van der Waals surface area (Å²) in [5, 5.41) is 11.3. The van der Waals surface area contributed by atoms with Crippen LogP contribution in [0, 0.1) is 0 Å². The zero-order chi connectivity index (χ0) is 28.5. The maximum atomic E-state index is 13.2. The number of piperazine rings is 1. The summed E-state index contributed by atoms with van der Waals surface area (Å²) in [6, 6.07) is 10.3. The topological polar surface area (TPSA) is 93.9 Å². The van der Waals surface area contributed by atoms with Crippen molar-refractivity contribution >= 4 is 46.0 Å². The number of hydrogen-bond donors (Lipinski definition) is 2. The molecule has 1 aliphatic carbocycles. The Kier molecular flexibility index (Phi) is 7.69. The Morgan fingerprint density at radius 3 is 2.71 bits per heavy atom. The number of amides is 1. The number of aromatic nitrogens is 4. The average Bonchev–Trinajstić information content (AvgIpc) is 3.69. The van der Waals surface area contributed by atoms with Gasteiger partial charge in [-0.3, -0.25) is 4.79 Å². The van der Waals surface area contributed by atoms with Crippen molar-refractivity contribution in [1.82, 2.24) is 29.8 Å². The molecule has 11 heteroatoms. The third-order valence-corrected chi connectivity index (χ3v) is 10.1. The monoisotopic (exact) mass is 585 g/mol. The minimum Gasteiger partial charge on any atom is -0.368 e. The summed E-state index contributed by atoms with van der Waals surface area (Å²) < 4.78 is 1.81. The number of carbonyl (C=O) groups excluding carboxylic acids is 1. The highest BCUT2D eigenvalue weighted by Crippen LogP contribution is 2.30. The first-order chi connectivity index (χ1) is 20.6. The van der Waals surface area contributed by atoms with E-state index in [1.165, 1.54) is 23.3 Å². The zero-order valence-electron chi connectivity index (χ0n) is 24.3. The molecule has 4 aromatic heterocycles. The van der Waals surface area contributed by atoms with Crippen molar-refractivity contribution < 1.29 is 4.79 Å². The summed E-state index contributed by atoms with van der Waals surface area (Å²) in [6.07, 6.45) is 10.4. The fraction of sp³-hybridized carbons (Fsp3) is 0.484. The number of likely N-dealkylation sites (N-methyl/N-ethyl adjacent to an activating group) is 1. The van der Waals surface area contributed by atoms with Gasteiger partial charge in [-0.1, -0.05) is 6.92 Å². The van der Waals surface area contributed by atoms with E-state index < -0.39 is 0 Å². The molecule has 0 bridgehead atoms. The summed E-state index contributed by atoms with van der Waals surface area (Å²) in [5.74, 6) is 2.51. The number of piperidine rings is 1. The van der Waals surface area contributed by atoms with Gasteiger partial charge in [0.05, 0.1) is 23.0 Å². The molecule has 7 rings (SSSR count). The second-order valence-electron chi connectivity index (χ2n) is 11.6. The third-order valence-electron chi connectivity index (χ3n) is 8.84. The van der Waals surface area contributed by atoms with E-state index in [4.69, 9.17) is 9.97 Å². The molecule has 2 fully saturated rings. The number of fused-ring (bicyclic) bond motifs is 2. The predicted molar refractivity (Wildman–Crippen MR) is 168 cm³/mol. The first-order valence-corrected chi connectivity index (χ1v) is 16.2. The standard InChI is InChI=1S/C31H39N9OS/c1-2-37-14-16-38(17-15-37)24-9-10-27(32-20-24)35-30-19-29(36-28-11-12-33-40(28)30)39-13-5-7-23(21-39)34-31(41)26-18-22-6-3-4-8-25(22)42-26/h9-12,18-20,23H,2-8,13-17,21H2,1H3,(H,32,35)(H,34,41). The van der Waals surface area contributed by atoms with Gasteiger partial charge in [0.25, 0.3) is 5.91 Å². The van der Waals surface area contributed by atoms with Crippen LogP contribution in [0.1, 0.15) is 52.7 Å². The van der Waals surface area contributed by atoms with Crippen LogP contribution in [0.4, 0.5) is 23.1 Å². The fourth-order valence-electron chi connectivity index (χ4n) is 6.41. The number of thiophene rings is 1. The van der Waals surface area contributed by atoms with Crippen LogP contribution in [0.15, 0.2) is 42.7 Å². The molecule has 6 heterocycles. The normalized spacial score (nSPS) is 19.6. The van der Waals surface area contributed by atoms with Crippen LogP contribution in [0.2, 0.25) is 0 Å². The quantitative estimate of drug-likeness (QED) is 0.331. The molecule has 220 valence electrons. The summed E-state index contributed by atoms with van der Waals surface area (Å²) >= 11 is 1.68. The van der Waals surface area contributed by atoms with E-state index in [1.807, 2.05) is 28.9 Å². The maximum Gasteiger partial charge on any atom is 0.261 e. The van der Waals surface area contributed by atoms with E-state index in [2.05, 4.69) is 49.5 Å². The molecule has 1 unspecified atom stereocenters. The Hall–Kier alpha value is -3.70. The maximum absolute atomic E-state index is 13.2. The molecule has 42 heavy (non-hydrogen) atoms. The van der Waals surface area contributed by atoms with Gasteiger partial charge >= 0.3 is 0 Å². The van der Waals surface area contributed by atoms with Gasteiger partial charge in [0, 0.05) is 62.3 Å². The van der Waals surface area contributed by atoms with Gasteiger partial charge in [-0.15, -0.1) is 11.3 Å². The lowest BCUT2D eigenvalue weighted by atomic mass is 9.99. The summed E-state index contributed by atoms with van der Waals surface area (Å²) in [6.45, 7) is 9.18. The molecule has 0 saturated carbocycles. The second kappa shape index (κ2) is 11.9. The molecule has 1 amide bonds. The van der Waals surface area contributed by atoms with Crippen LogP contribution < -0.4 is 20.4 Å². The first kappa shape index (κ1) is 27.2. The molecule has 3 aliphatic rings. The smallest absolute Gasteiger partial charge is 0.261 e. The van der Waals surface area contributed by atoms with Crippen molar-refractivity contribution in [1.29, 1.82) is 0 Å². The first-order valence-electron chi connectivity index (χ1n) is 15.4. The number of nitrogens with zero attached hydrogens (tertiary/aromatic N) is 7. The molecule has 10 nitrogen and oxygen atoms in total. The van der Waals surface area contributed by atoms with E-state index in [-0.39, 0.29) is 11.9 Å². The number of rotatable bonds is 7. The predicted octanol–water partition coefficient (Wildman–Crippen LogP) is 4.35. The number of hydrogen-bond acceptors (Lipinski definition) is 9. The van der Waals surface area contributed by atoms with Crippen LogP contribution in [0.5, 0.6) is 0 Å². The fourth-order valence-corrected chi connectivity index (χ4v) is 7.57.